The van der Waals surface area contributed by atoms with Crippen molar-refractivity contribution in [3.8, 4) is 0 Å². The summed E-state index contributed by atoms with van der Waals surface area (Å²) in [6.07, 6.45) is 7.04. The Labute approximate surface area is 151 Å². The Morgan fingerprint density at radius 3 is 2.67 bits per heavy atom. The minimum absolute atomic E-state index is 0. The maximum absolute atomic E-state index is 5.02. The number of nitrogens with one attached hydrogen (secondary N) is 1. The van der Waals surface area contributed by atoms with E-state index >= 15 is 0 Å². The van der Waals surface area contributed by atoms with Crippen LogP contribution in [0.15, 0.2) is 4.99 Å². The molecule has 3 rings (SSSR count). The Bertz CT molecular complexity index is 367. The smallest absolute Gasteiger partial charge is 0.193 e. The zero-order chi connectivity index (χ0) is 14.0. The van der Waals surface area contributed by atoms with E-state index in [0.29, 0.717) is 5.41 Å². The molecule has 0 aromatic rings. The van der Waals surface area contributed by atoms with Gasteiger partial charge in [0.2, 0.25) is 0 Å². The minimum atomic E-state index is 0. The third-order valence-corrected chi connectivity index (χ3v) is 6.48. The predicted octanol–water partition coefficient (Wildman–Crippen LogP) is 3.59. The lowest BCUT2D eigenvalue weighted by atomic mass is 10.0. The average molecular weight is 423 g/mol. The summed E-state index contributed by atoms with van der Waals surface area (Å²) < 4.78 is 0. The second-order valence-electron chi connectivity index (χ2n) is 6.65. The van der Waals surface area contributed by atoms with E-state index in [4.69, 9.17) is 4.99 Å². The van der Waals surface area contributed by atoms with E-state index in [1.807, 2.05) is 0 Å². The number of thioether (sulfide) groups is 1. The number of guanidine groups is 1. The van der Waals surface area contributed by atoms with Crippen LogP contribution >= 0.6 is 35.7 Å². The summed E-state index contributed by atoms with van der Waals surface area (Å²) in [5.74, 6) is 3.43. The molecule has 5 heteroatoms. The van der Waals surface area contributed by atoms with E-state index in [9.17, 15) is 0 Å². The van der Waals surface area contributed by atoms with Gasteiger partial charge >= 0.3 is 0 Å². The highest BCUT2D eigenvalue weighted by molar-refractivity contribution is 14.0. The van der Waals surface area contributed by atoms with Crippen LogP contribution < -0.4 is 5.32 Å². The minimum Gasteiger partial charge on any atom is -0.357 e. The molecule has 1 N–H and O–H groups in total. The SMILES string of the molecule is CCNC(=NCC1(C2CC2)CC1)N1CCSC(CC)C1.I. The molecule has 0 aromatic heterocycles. The van der Waals surface area contributed by atoms with E-state index < -0.39 is 0 Å². The maximum atomic E-state index is 5.02. The number of halogens is 1. The van der Waals surface area contributed by atoms with Crippen LogP contribution in [0.5, 0.6) is 0 Å². The van der Waals surface area contributed by atoms with Crippen molar-refractivity contribution in [2.75, 3.05) is 31.9 Å². The molecule has 1 heterocycles. The molecule has 3 nitrogen and oxygen atoms in total. The molecular formula is C16H30IN3S. The monoisotopic (exact) mass is 423 g/mol. The van der Waals surface area contributed by atoms with Crippen LogP contribution in [-0.2, 0) is 0 Å². The Morgan fingerprint density at radius 1 is 1.33 bits per heavy atom. The zero-order valence-electron chi connectivity index (χ0n) is 13.4. The molecule has 1 unspecified atom stereocenters. The van der Waals surface area contributed by atoms with Crippen LogP contribution in [0, 0.1) is 11.3 Å². The Kier molecular flexibility index (Phi) is 6.53. The van der Waals surface area contributed by atoms with Crippen molar-refractivity contribution in [3.05, 3.63) is 0 Å². The molecule has 2 saturated carbocycles. The molecule has 122 valence electrons. The lowest BCUT2D eigenvalue weighted by Gasteiger charge is -2.34. The Morgan fingerprint density at radius 2 is 2.10 bits per heavy atom. The Balaban J connectivity index is 0.00000161. The quantitative estimate of drug-likeness (QED) is 0.416. The second-order valence-corrected chi connectivity index (χ2v) is 8.06. The van der Waals surface area contributed by atoms with Gasteiger partial charge in [-0.1, -0.05) is 6.92 Å². The molecular weight excluding hydrogens is 393 g/mol. The summed E-state index contributed by atoms with van der Waals surface area (Å²) >= 11 is 2.13. The van der Waals surface area contributed by atoms with Crippen molar-refractivity contribution in [1.82, 2.24) is 10.2 Å². The van der Waals surface area contributed by atoms with Gasteiger partial charge in [-0.15, -0.1) is 24.0 Å². The fourth-order valence-corrected chi connectivity index (χ4v) is 4.55. The van der Waals surface area contributed by atoms with Crippen molar-refractivity contribution in [2.45, 2.75) is 51.2 Å². The summed E-state index contributed by atoms with van der Waals surface area (Å²) in [6, 6.07) is 0. The molecule has 0 spiro atoms. The second kappa shape index (κ2) is 7.75. The number of hydrogen-bond acceptors (Lipinski definition) is 2. The van der Waals surface area contributed by atoms with Gasteiger partial charge in [0, 0.05) is 37.2 Å². The fraction of sp³-hybridized carbons (Fsp3) is 0.938. The molecule has 1 aliphatic heterocycles. The standard InChI is InChI=1S/C16H29N3S.HI/c1-3-14-11-19(9-10-20-14)15(17-4-2)18-12-16(7-8-16)13-5-6-13;/h13-14H,3-12H2,1-2H3,(H,17,18);1H. The average Bonchev–Trinajstić information content (AvgIpc) is 3.36. The van der Waals surface area contributed by atoms with Gasteiger partial charge in [-0.2, -0.15) is 11.8 Å². The topological polar surface area (TPSA) is 27.6 Å². The van der Waals surface area contributed by atoms with Gasteiger partial charge < -0.3 is 10.2 Å². The van der Waals surface area contributed by atoms with Crippen LogP contribution in [0.25, 0.3) is 0 Å². The van der Waals surface area contributed by atoms with E-state index in [2.05, 4.69) is 35.8 Å². The van der Waals surface area contributed by atoms with E-state index in [-0.39, 0.29) is 24.0 Å². The molecule has 1 atom stereocenters. The molecule has 0 radical (unpaired) electrons. The van der Waals surface area contributed by atoms with Gasteiger partial charge in [-0.05, 0) is 50.4 Å². The summed E-state index contributed by atoms with van der Waals surface area (Å²) in [5, 5.41) is 4.31. The van der Waals surface area contributed by atoms with Gasteiger partial charge in [0.25, 0.3) is 0 Å². The highest BCUT2D eigenvalue weighted by atomic mass is 127. The first-order valence-electron chi connectivity index (χ1n) is 8.42. The largest absolute Gasteiger partial charge is 0.357 e. The van der Waals surface area contributed by atoms with E-state index in [0.717, 1.165) is 30.8 Å². The lowest BCUT2D eigenvalue weighted by molar-refractivity contribution is 0.399. The number of rotatable bonds is 5. The summed E-state index contributed by atoms with van der Waals surface area (Å²) in [7, 11) is 0. The molecule has 0 amide bonds. The first-order valence-corrected chi connectivity index (χ1v) is 9.47. The van der Waals surface area contributed by atoms with Crippen molar-refractivity contribution < 1.29 is 0 Å². The van der Waals surface area contributed by atoms with Crippen molar-refractivity contribution >= 4 is 41.7 Å². The van der Waals surface area contributed by atoms with Crippen molar-refractivity contribution in [2.24, 2.45) is 16.3 Å². The van der Waals surface area contributed by atoms with Gasteiger partial charge in [0.05, 0.1) is 0 Å². The summed E-state index contributed by atoms with van der Waals surface area (Å²) in [4.78, 5) is 7.52. The van der Waals surface area contributed by atoms with E-state index in [1.165, 1.54) is 50.4 Å². The third kappa shape index (κ3) is 4.43. The molecule has 3 aliphatic rings. The normalized spacial score (nSPS) is 28.0. The van der Waals surface area contributed by atoms with Crippen molar-refractivity contribution in [3.63, 3.8) is 0 Å². The first-order chi connectivity index (χ1) is 9.77. The van der Waals surface area contributed by atoms with Crippen LogP contribution in [0.1, 0.15) is 46.0 Å². The van der Waals surface area contributed by atoms with Crippen LogP contribution in [0.2, 0.25) is 0 Å². The highest BCUT2D eigenvalue weighted by Crippen LogP contribution is 2.61. The van der Waals surface area contributed by atoms with E-state index in [1.54, 1.807) is 0 Å². The first kappa shape index (κ1) is 17.7. The predicted molar refractivity (Wildman–Crippen MR) is 104 cm³/mol. The van der Waals surface area contributed by atoms with Crippen LogP contribution in [0.3, 0.4) is 0 Å². The summed E-state index contributed by atoms with van der Waals surface area (Å²) in [5.41, 5.74) is 0.620. The van der Waals surface area contributed by atoms with Gasteiger partial charge in [0.15, 0.2) is 5.96 Å². The molecule has 3 fully saturated rings. The molecule has 0 bridgehead atoms. The van der Waals surface area contributed by atoms with Gasteiger partial charge in [0.1, 0.15) is 0 Å². The third-order valence-electron chi connectivity index (χ3n) is 5.11. The highest BCUT2D eigenvalue weighted by Gasteiger charge is 2.53. The molecule has 0 aromatic carbocycles. The lowest BCUT2D eigenvalue weighted by Crippen LogP contribution is -2.48. The molecule has 21 heavy (non-hydrogen) atoms. The number of hydrogen-bond donors (Lipinski definition) is 1. The number of aliphatic imine (C=N–C) groups is 1. The van der Waals surface area contributed by atoms with Gasteiger partial charge in [-0.3, -0.25) is 4.99 Å². The fourth-order valence-electron chi connectivity index (χ4n) is 3.37. The molecule has 2 aliphatic carbocycles. The van der Waals surface area contributed by atoms with Crippen molar-refractivity contribution in [1.29, 1.82) is 0 Å². The molecule has 1 saturated heterocycles. The Hall–Kier alpha value is 0.350. The van der Waals surface area contributed by atoms with Crippen LogP contribution in [0.4, 0.5) is 0 Å². The maximum Gasteiger partial charge on any atom is 0.193 e. The zero-order valence-corrected chi connectivity index (χ0v) is 16.6. The van der Waals surface area contributed by atoms with Gasteiger partial charge in [-0.25, -0.2) is 0 Å². The van der Waals surface area contributed by atoms with Crippen LogP contribution in [-0.4, -0.2) is 48.0 Å². The number of nitrogens with zero attached hydrogens (tertiary/aromatic N) is 2. The summed E-state index contributed by atoms with van der Waals surface area (Å²) in [6.45, 7) is 8.86.